The van der Waals surface area contributed by atoms with E-state index in [1.54, 1.807) is 0 Å². The molecule has 0 atom stereocenters. The summed E-state index contributed by atoms with van der Waals surface area (Å²) in [5.74, 6) is 0.861. The van der Waals surface area contributed by atoms with Crippen LogP contribution in [0.3, 0.4) is 0 Å². The third-order valence-electron chi connectivity index (χ3n) is 4.21. The molecule has 1 aromatic rings. The first kappa shape index (κ1) is 19.7. The molecular weight excluding hydrogens is 286 g/mol. The normalized spacial score (nSPS) is 21.3. The summed E-state index contributed by atoms with van der Waals surface area (Å²) in [6.45, 7) is 6.98. The average molecular weight is 319 g/mol. The van der Waals surface area contributed by atoms with Crippen LogP contribution < -0.4 is 5.32 Å². The van der Waals surface area contributed by atoms with Crippen molar-refractivity contribution in [3.8, 4) is 0 Å². The molecule has 1 aliphatic carbocycles. The van der Waals surface area contributed by atoms with Gasteiger partial charge in [-0.15, -0.1) is 0 Å². The second-order valence-electron chi connectivity index (χ2n) is 6.21. The predicted octanol–water partition coefficient (Wildman–Crippen LogP) is 4.70. The van der Waals surface area contributed by atoms with Gasteiger partial charge in [-0.25, -0.2) is 0 Å². The van der Waals surface area contributed by atoms with E-state index >= 15 is 0 Å². The van der Waals surface area contributed by atoms with Crippen LogP contribution in [0, 0.1) is 5.92 Å². The van der Waals surface area contributed by atoms with E-state index in [2.05, 4.69) is 12.2 Å². The van der Waals surface area contributed by atoms with Crippen LogP contribution in [0.2, 0.25) is 0 Å². The van der Waals surface area contributed by atoms with Gasteiger partial charge in [0.15, 0.2) is 0 Å². The van der Waals surface area contributed by atoms with Crippen LogP contribution in [0.25, 0.3) is 0 Å². The maximum atomic E-state index is 11.9. The molecule has 2 rings (SSSR count). The first-order chi connectivity index (χ1) is 11.2. The molecule has 3 nitrogen and oxygen atoms in total. The van der Waals surface area contributed by atoms with Crippen molar-refractivity contribution in [2.24, 2.45) is 5.92 Å². The summed E-state index contributed by atoms with van der Waals surface area (Å²) in [6.07, 6.45) is 7.23. The maximum absolute atomic E-state index is 11.9. The summed E-state index contributed by atoms with van der Waals surface area (Å²) >= 11 is 0. The van der Waals surface area contributed by atoms with Crippen LogP contribution in [-0.4, -0.2) is 18.6 Å². The lowest BCUT2D eigenvalue weighted by atomic mass is 9.90. The Morgan fingerprint density at radius 2 is 1.70 bits per heavy atom. The number of rotatable bonds is 5. The molecule has 0 heterocycles. The molecule has 130 valence electrons. The second kappa shape index (κ2) is 12.1. The number of hydrogen-bond donors (Lipinski definition) is 1. The fraction of sp³-hybridized carbons (Fsp3) is 0.650. The monoisotopic (exact) mass is 319 g/mol. The van der Waals surface area contributed by atoms with Crippen molar-refractivity contribution in [2.45, 2.75) is 71.9 Å². The van der Waals surface area contributed by atoms with Gasteiger partial charge in [0.25, 0.3) is 0 Å². The van der Waals surface area contributed by atoms with Gasteiger partial charge in [-0.05, 0) is 24.3 Å². The molecule has 1 aliphatic rings. The molecule has 3 heteroatoms. The first-order valence-electron chi connectivity index (χ1n) is 9.15. The molecule has 1 aromatic carbocycles. The van der Waals surface area contributed by atoms with E-state index in [0.29, 0.717) is 12.6 Å². The number of nitrogens with one attached hydrogen (secondary N) is 1. The molecule has 1 saturated carbocycles. The van der Waals surface area contributed by atoms with Crippen LogP contribution in [0.5, 0.6) is 0 Å². The molecule has 1 fully saturated rings. The third kappa shape index (κ3) is 8.75. The zero-order chi connectivity index (χ0) is 16.9. The lowest BCUT2D eigenvalue weighted by Crippen LogP contribution is -2.37. The largest absolute Gasteiger partial charge is 0.367 e. The number of carbonyl (C=O) groups is 1. The van der Waals surface area contributed by atoms with Crippen LogP contribution in [0.15, 0.2) is 30.3 Å². The molecular formula is C20H33NO2. The topological polar surface area (TPSA) is 38.3 Å². The molecule has 0 saturated heterocycles. The van der Waals surface area contributed by atoms with E-state index in [1.165, 1.54) is 25.7 Å². The Morgan fingerprint density at radius 1 is 1.09 bits per heavy atom. The highest BCUT2D eigenvalue weighted by Crippen LogP contribution is 2.21. The van der Waals surface area contributed by atoms with Gasteiger partial charge in [0.1, 0.15) is 6.61 Å². The molecule has 0 aliphatic heterocycles. The van der Waals surface area contributed by atoms with Gasteiger partial charge in [0, 0.05) is 6.04 Å². The van der Waals surface area contributed by atoms with Crippen molar-refractivity contribution in [1.29, 1.82) is 0 Å². The van der Waals surface area contributed by atoms with Gasteiger partial charge < -0.3 is 10.1 Å². The Morgan fingerprint density at radius 3 is 2.30 bits per heavy atom. The van der Waals surface area contributed by atoms with Gasteiger partial charge in [0.05, 0.1) is 6.61 Å². The lowest BCUT2D eigenvalue weighted by Gasteiger charge is -2.23. The summed E-state index contributed by atoms with van der Waals surface area (Å²) in [4.78, 5) is 11.9. The summed E-state index contributed by atoms with van der Waals surface area (Å²) in [6, 6.07) is 10.3. The number of benzene rings is 1. The zero-order valence-electron chi connectivity index (χ0n) is 15.0. The summed E-state index contributed by atoms with van der Waals surface area (Å²) in [7, 11) is 0. The van der Waals surface area contributed by atoms with E-state index < -0.39 is 0 Å². The van der Waals surface area contributed by atoms with Gasteiger partial charge >= 0.3 is 0 Å². The van der Waals surface area contributed by atoms with E-state index in [9.17, 15) is 4.79 Å². The van der Waals surface area contributed by atoms with Gasteiger partial charge in [-0.2, -0.15) is 0 Å². The molecule has 0 bridgehead atoms. The zero-order valence-corrected chi connectivity index (χ0v) is 15.0. The minimum absolute atomic E-state index is 0.0181. The van der Waals surface area contributed by atoms with Crippen LogP contribution in [0.4, 0.5) is 0 Å². The quantitative estimate of drug-likeness (QED) is 0.854. The van der Waals surface area contributed by atoms with Crippen molar-refractivity contribution in [3.63, 3.8) is 0 Å². The second-order valence-corrected chi connectivity index (χ2v) is 6.21. The number of carbonyl (C=O) groups excluding carboxylic acids is 1. The van der Waals surface area contributed by atoms with Crippen LogP contribution >= 0.6 is 0 Å². The molecule has 1 N–H and O–H groups in total. The predicted molar refractivity (Wildman–Crippen MR) is 96.2 cm³/mol. The van der Waals surface area contributed by atoms with Gasteiger partial charge in [-0.3, -0.25) is 4.79 Å². The van der Waals surface area contributed by atoms with Crippen molar-refractivity contribution in [1.82, 2.24) is 5.32 Å². The molecule has 0 aromatic heterocycles. The van der Waals surface area contributed by atoms with E-state index in [0.717, 1.165) is 24.3 Å². The lowest BCUT2D eigenvalue weighted by molar-refractivity contribution is -0.127. The van der Waals surface area contributed by atoms with Crippen molar-refractivity contribution in [2.75, 3.05) is 6.61 Å². The smallest absolute Gasteiger partial charge is 0.246 e. The number of ether oxygens (including phenoxy) is 1. The highest BCUT2D eigenvalue weighted by Gasteiger charge is 2.16. The van der Waals surface area contributed by atoms with Crippen molar-refractivity contribution < 1.29 is 9.53 Å². The first-order valence-corrected chi connectivity index (χ1v) is 9.15. The van der Waals surface area contributed by atoms with E-state index in [4.69, 9.17) is 4.74 Å². The third-order valence-corrected chi connectivity index (χ3v) is 4.21. The standard InChI is InChI=1S/C18H27NO2.C2H6/c1-15-7-5-11-17(12-6-8-15)19-18(20)14-21-13-16-9-3-2-4-10-16;1-2/h2-4,9-10,15,17H,5-8,11-14H2,1H3,(H,19,20);1-2H3. The Labute approximate surface area is 141 Å². The molecule has 0 radical (unpaired) electrons. The highest BCUT2D eigenvalue weighted by atomic mass is 16.5. The minimum Gasteiger partial charge on any atom is -0.367 e. The van der Waals surface area contributed by atoms with Gasteiger partial charge in [-0.1, -0.05) is 76.8 Å². The van der Waals surface area contributed by atoms with E-state index in [-0.39, 0.29) is 12.5 Å². The SMILES string of the molecule is CC.CC1CCCC(NC(=O)COCc2ccccc2)CCC1. The summed E-state index contributed by atoms with van der Waals surface area (Å²) in [5.41, 5.74) is 1.10. The molecule has 1 amide bonds. The Bertz CT molecular complexity index is 409. The summed E-state index contributed by atoms with van der Waals surface area (Å²) < 4.78 is 5.48. The summed E-state index contributed by atoms with van der Waals surface area (Å²) in [5, 5.41) is 3.12. The van der Waals surface area contributed by atoms with Crippen LogP contribution in [0.1, 0.15) is 64.9 Å². The number of amides is 1. The maximum Gasteiger partial charge on any atom is 0.246 e. The molecule has 0 spiro atoms. The minimum atomic E-state index is 0.0181. The van der Waals surface area contributed by atoms with Crippen LogP contribution in [-0.2, 0) is 16.1 Å². The highest BCUT2D eigenvalue weighted by molar-refractivity contribution is 5.77. The Kier molecular flexibility index (Phi) is 10.4. The van der Waals surface area contributed by atoms with Gasteiger partial charge in [0.2, 0.25) is 5.91 Å². The average Bonchev–Trinajstić information content (AvgIpc) is 2.55. The van der Waals surface area contributed by atoms with E-state index in [1.807, 2.05) is 44.2 Å². The molecule has 23 heavy (non-hydrogen) atoms. The number of hydrogen-bond acceptors (Lipinski definition) is 2. The fourth-order valence-corrected chi connectivity index (χ4v) is 2.96. The molecule has 0 unspecified atom stereocenters. The Hall–Kier alpha value is -1.35. The Balaban J connectivity index is 0.00000127. The van der Waals surface area contributed by atoms with Crippen molar-refractivity contribution in [3.05, 3.63) is 35.9 Å². The fourth-order valence-electron chi connectivity index (χ4n) is 2.96. The van der Waals surface area contributed by atoms with Crippen molar-refractivity contribution >= 4 is 5.91 Å².